The van der Waals surface area contributed by atoms with E-state index in [2.05, 4.69) is 43.6 Å². The Hall–Kier alpha value is -0.700. The van der Waals surface area contributed by atoms with Gasteiger partial charge in [0.2, 0.25) is 0 Å². The minimum atomic E-state index is 0.620. The summed E-state index contributed by atoms with van der Waals surface area (Å²) in [5.74, 6) is 1.63. The molecule has 0 aliphatic carbocycles. The number of aliphatic imine (C=N–C) groups is 1. The highest BCUT2D eigenvalue weighted by Crippen LogP contribution is 2.33. The van der Waals surface area contributed by atoms with Crippen molar-refractivity contribution in [2.75, 3.05) is 5.88 Å². The third kappa shape index (κ3) is 2.41. The molecule has 0 aromatic heterocycles. The van der Waals surface area contributed by atoms with Gasteiger partial charge < -0.3 is 4.90 Å². The van der Waals surface area contributed by atoms with E-state index in [0.717, 1.165) is 11.6 Å². The molecule has 0 saturated heterocycles. The van der Waals surface area contributed by atoms with Crippen molar-refractivity contribution < 1.29 is 0 Å². The average Bonchev–Trinajstić information content (AvgIpc) is 2.64. The lowest BCUT2D eigenvalue weighted by Crippen LogP contribution is -2.11. The van der Waals surface area contributed by atoms with E-state index < -0.39 is 0 Å². The van der Waals surface area contributed by atoms with Gasteiger partial charge in [0.05, 0.1) is 11.6 Å². The lowest BCUT2D eigenvalue weighted by Gasteiger charge is -2.16. The first-order valence-electron chi connectivity index (χ1n) is 4.81. The van der Waals surface area contributed by atoms with Crippen molar-refractivity contribution >= 4 is 18.5 Å². The standard InChI is InChI=1S/C11H18N2S/c1-8(2)11-6-13(7-14-11)10(4)9(3)12-5/h6,8H,5,7H2,1-4H3/b10-9-. The number of hydrogen-bond acceptors (Lipinski definition) is 3. The van der Waals surface area contributed by atoms with E-state index in [-0.39, 0.29) is 0 Å². The highest BCUT2D eigenvalue weighted by molar-refractivity contribution is 8.03. The summed E-state index contributed by atoms with van der Waals surface area (Å²) in [6.07, 6.45) is 2.22. The molecule has 0 radical (unpaired) electrons. The molecule has 78 valence electrons. The van der Waals surface area contributed by atoms with Gasteiger partial charge in [-0.1, -0.05) is 13.8 Å². The van der Waals surface area contributed by atoms with Gasteiger partial charge >= 0.3 is 0 Å². The molecule has 0 aromatic rings. The number of thioether (sulfide) groups is 1. The van der Waals surface area contributed by atoms with Crippen LogP contribution < -0.4 is 0 Å². The molecule has 0 spiro atoms. The first kappa shape index (κ1) is 11.4. The van der Waals surface area contributed by atoms with E-state index in [1.165, 1.54) is 10.6 Å². The summed E-state index contributed by atoms with van der Waals surface area (Å²) < 4.78 is 0. The smallest absolute Gasteiger partial charge is 0.0724 e. The van der Waals surface area contributed by atoms with Crippen molar-refractivity contribution in [2.24, 2.45) is 10.9 Å². The van der Waals surface area contributed by atoms with E-state index in [1.807, 2.05) is 18.7 Å². The van der Waals surface area contributed by atoms with Crippen molar-refractivity contribution in [1.82, 2.24) is 4.90 Å². The number of hydrogen-bond donors (Lipinski definition) is 0. The topological polar surface area (TPSA) is 15.6 Å². The molecular formula is C11H18N2S. The summed E-state index contributed by atoms with van der Waals surface area (Å²) in [6.45, 7) is 12.1. The van der Waals surface area contributed by atoms with Crippen LogP contribution >= 0.6 is 11.8 Å². The van der Waals surface area contributed by atoms with Crippen molar-refractivity contribution in [3.8, 4) is 0 Å². The van der Waals surface area contributed by atoms with Crippen LogP contribution in [-0.4, -0.2) is 17.5 Å². The third-order valence-corrected chi connectivity index (χ3v) is 3.73. The zero-order valence-corrected chi connectivity index (χ0v) is 10.2. The Balaban J connectivity index is 2.80. The van der Waals surface area contributed by atoms with Crippen LogP contribution in [0, 0.1) is 5.92 Å². The summed E-state index contributed by atoms with van der Waals surface area (Å²) in [5.41, 5.74) is 2.20. The third-order valence-electron chi connectivity index (χ3n) is 2.41. The normalized spacial score (nSPS) is 18.4. The fourth-order valence-corrected chi connectivity index (χ4v) is 2.30. The van der Waals surface area contributed by atoms with Crippen LogP contribution in [0.25, 0.3) is 0 Å². The van der Waals surface area contributed by atoms with Gasteiger partial charge in [-0.15, -0.1) is 11.8 Å². The Morgan fingerprint density at radius 3 is 2.64 bits per heavy atom. The van der Waals surface area contributed by atoms with Crippen LogP contribution in [0.5, 0.6) is 0 Å². The monoisotopic (exact) mass is 210 g/mol. The first-order valence-corrected chi connectivity index (χ1v) is 5.80. The quantitative estimate of drug-likeness (QED) is 0.663. The maximum Gasteiger partial charge on any atom is 0.0724 e. The molecule has 0 N–H and O–H groups in total. The van der Waals surface area contributed by atoms with E-state index in [0.29, 0.717) is 5.92 Å². The maximum atomic E-state index is 3.95. The molecule has 1 heterocycles. The summed E-state index contributed by atoms with van der Waals surface area (Å²) >= 11 is 1.91. The Labute approximate surface area is 90.8 Å². The Kier molecular flexibility index (Phi) is 3.81. The van der Waals surface area contributed by atoms with Crippen LogP contribution in [0.3, 0.4) is 0 Å². The van der Waals surface area contributed by atoms with Crippen molar-refractivity contribution in [1.29, 1.82) is 0 Å². The van der Waals surface area contributed by atoms with Gasteiger partial charge in [0, 0.05) is 16.8 Å². The fourth-order valence-electron chi connectivity index (χ4n) is 1.20. The maximum absolute atomic E-state index is 3.95. The largest absolute Gasteiger partial charge is 0.339 e. The van der Waals surface area contributed by atoms with Crippen molar-refractivity contribution in [3.63, 3.8) is 0 Å². The molecule has 14 heavy (non-hydrogen) atoms. The van der Waals surface area contributed by atoms with Crippen LogP contribution in [0.1, 0.15) is 27.7 Å². The lowest BCUT2D eigenvalue weighted by molar-refractivity contribution is 0.545. The van der Waals surface area contributed by atoms with Crippen LogP contribution in [-0.2, 0) is 0 Å². The van der Waals surface area contributed by atoms with Gasteiger partial charge in [-0.25, -0.2) is 0 Å². The SMILES string of the molecule is C=N/C(C)=C(/C)N1C=C(C(C)C)SC1. The molecule has 0 fully saturated rings. The molecule has 2 nitrogen and oxygen atoms in total. The molecule has 0 atom stereocenters. The number of rotatable bonds is 3. The van der Waals surface area contributed by atoms with Crippen LogP contribution in [0.2, 0.25) is 0 Å². The highest BCUT2D eigenvalue weighted by Gasteiger charge is 2.17. The zero-order valence-electron chi connectivity index (χ0n) is 9.37. The number of allylic oxidation sites excluding steroid dienone is 3. The van der Waals surface area contributed by atoms with Gasteiger partial charge in [0.15, 0.2) is 0 Å². The summed E-state index contributed by atoms with van der Waals surface area (Å²) in [6, 6.07) is 0. The second-order valence-corrected chi connectivity index (χ2v) is 4.78. The molecule has 0 saturated carbocycles. The van der Waals surface area contributed by atoms with E-state index >= 15 is 0 Å². The molecule has 0 unspecified atom stereocenters. The van der Waals surface area contributed by atoms with Crippen molar-refractivity contribution in [2.45, 2.75) is 27.7 Å². The molecule has 1 rings (SSSR count). The minimum Gasteiger partial charge on any atom is -0.339 e. The fraction of sp³-hybridized carbons (Fsp3) is 0.545. The van der Waals surface area contributed by atoms with Gasteiger partial charge in [-0.05, 0) is 26.5 Å². The Morgan fingerprint density at radius 1 is 1.57 bits per heavy atom. The van der Waals surface area contributed by atoms with Gasteiger partial charge in [0.25, 0.3) is 0 Å². The second-order valence-electron chi connectivity index (χ2n) is 3.76. The Bertz CT molecular complexity index is 290. The molecule has 1 aliphatic heterocycles. The van der Waals surface area contributed by atoms with Gasteiger partial charge in [0.1, 0.15) is 0 Å². The molecule has 0 aromatic carbocycles. The van der Waals surface area contributed by atoms with Crippen LogP contribution in [0.4, 0.5) is 0 Å². The van der Waals surface area contributed by atoms with E-state index in [4.69, 9.17) is 0 Å². The second kappa shape index (κ2) is 4.69. The lowest BCUT2D eigenvalue weighted by atomic mass is 10.2. The van der Waals surface area contributed by atoms with Gasteiger partial charge in [-0.3, -0.25) is 4.99 Å². The highest BCUT2D eigenvalue weighted by atomic mass is 32.2. The zero-order chi connectivity index (χ0) is 10.7. The van der Waals surface area contributed by atoms with E-state index in [9.17, 15) is 0 Å². The predicted octanol–water partition coefficient (Wildman–Crippen LogP) is 3.44. The molecule has 3 heteroatoms. The molecular weight excluding hydrogens is 192 g/mol. The molecule has 0 amide bonds. The number of nitrogens with zero attached hydrogens (tertiary/aromatic N) is 2. The average molecular weight is 210 g/mol. The summed E-state index contributed by atoms with van der Waals surface area (Å²) in [7, 11) is 0. The predicted molar refractivity (Wildman–Crippen MR) is 65.1 cm³/mol. The minimum absolute atomic E-state index is 0.620. The summed E-state index contributed by atoms with van der Waals surface area (Å²) in [5, 5.41) is 0. The first-order chi connectivity index (χ1) is 6.56. The summed E-state index contributed by atoms with van der Waals surface area (Å²) in [4.78, 5) is 7.64. The van der Waals surface area contributed by atoms with Gasteiger partial charge in [-0.2, -0.15) is 0 Å². The van der Waals surface area contributed by atoms with Crippen LogP contribution in [0.15, 0.2) is 27.5 Å². The van der Waals surface area contributed by atoms with Crippen molar-refractivity contribution in [3.05, 3.63) is 22.5 Å². The molecule has 0 bridgehead atoms. The Morgan fingerprint density at radius 2 is 2.21 bits per heavy atom. The van der Waals surface area contributed by atoms with E-state index in [1.54, 1.807) is 0 Å². The molecule has 1 aliphatic rings.